The maximum Gasteiger partial charge on any atom is 0.291 e. The normalized spacial score (nSPS) is 16.1. The Kier molecular flexibility index (Phi) is 7.86. The van der Waals surface area contributed by atoms with Gasteiger partial charge in [-0.1, -0.05) is 19.3 Å². The van der Waals surface area contributed by atoms with Crippen LogP contribution in [0, 0.1) is 12.8 Å². The molecule has 0 spiro atoms. The van der Waals surface area contributed by atoms with E-state index in [0.29, 0.717) is 18.2 Å². The first-order valence-electron chi connectivity index (χ1n) is 7.87. The molecule has 3 rings (SSSR count). The molecule has 1 atom stereocenters. The van der Waals surface area contributed by atoms with Crippen molar-refractivity contribution in [2.24, 2.45) is 11.7 Å². The van der Waals surface area contributed by atoms with Crippen molar-refractivity contribution in [3.05, 3.63) is 23.8 Å². The molecule has 2 aromatic heterocycles. The predicted molar refractivity (Wildman–Crippen MR) is 96.9 cm³/mol. The van der Waals surface area contributed by atoms with Gasteiger partial charge in [0, 0.05) is 25.0 Å². The van der Waals surface area contributed by atoms with Gasteiger partial charge < -0.3 is 11.1 Å². The van der Waals surface area contributed by atoms with Gasteiger partial charge in [0.05, 0.1) is 0 Å². The van der Waals surface area contributed by atoms with Crippen LogP contribution in [0.15, 0.2) is 12.4 Å². The summed E-state index contributed by atoms with van der Waals surface area (Å²) < 4.78 is 1.53. The molecule has 7 nitrogen and oxygen atoms in total. The van der Waals surface area contributed by atoms with Crippen molar-refractivity contribution in [2.75, 3.05) is 6.54 Å². The van der Waals surface area contributed by atoms with E-state index >= 15 is 0 Å². The van der Waals surface area contributed by atoms with Crippen molar-refractivity contribution >= 4 is 36.5 Å². The second kappa shape index (κ2) is 9.15. The third kappa shape index (κ3) is 4.55. The lowest BCUT2D eigenvalue weighted by molar-refractivity contribution is 0.0905. The lowest BCUT2D eigenvalue weighted by Gasteiger charge is -2.29. The average Bonchev–Trinajstić information content (AvgIpc) is 2.96. The third-order valence-corrected chi connectivity index (χ3v) is 4.32. The van der Waals surface area contributed by atoms with E-state index in [1.165, 1.54) is 23.8 Å². The molecule has 0 saturated heterocycles. The van der Waals surface area contributed by atoms with Crippen LogP contribution in [-0.2, 0) is 0 Å². The molecule has 1 aliphatic carbocycles. The Morgan fingerprint density at radius 2 is 2.08 bits per heavy atom. The summed E-state index contributed by atoms with van der Waals surface area (Å²) >= 11 is 0. The minimum atomic E-state index is -0.274. The molecule has 1 fully saturated rings. The van der Waals surface area contributed by atoms with Gasteiger partial charge in [-0.3, -0.25) is 4.79 Å². The number of hydrogen-bond donors (Lipinski definition) is 2. The number of amides is 1. The highest BCUT2D eigenvalue weighted by Crippen LogP contribution is 2.26. The van der Waals surface area contributed by atoms with Gasteiger partial charge in [0.2, 0.25) is 5.82 Å². The molecule has 0 aromatic carbocycles. The predicted octanol–water partition coefficient (Wildman–Crippen LogP) is 1.91. The minimum Gasteiger partial charge on any atom is -0.345 e. The van der Waals surface area contributed by atoms with Crippen LogP contribution in [0.25, 0.3) is 5.78 Å². The van der Waals surface area contributed by atoms with Crippen LogP contribution in [0.3, 0.4) is 0 Å². The molecule has 1 amide bonds. The van der Waals surface area contributed by atoms with E-state index in [1.54, 1.807) is 12.4 Å². The number of carbonyl (C=O) groups excluding carboxylic acids is 1. The first kappa shape index (κ1) is 20.6. The van der Waals surface area contributed by atoms with Crippen molar-refractivity contribution in [1.82, 2.24) is 24.9 Å². The molecule has 0 unspecified atom stereocenters. The highest BCUT2D eigenvalue weighted by atomic mass is 35.5. The molecule has 2 heterocycles. The zero-order chi connectivity index (χ0) is 15.5. The Morgan fingerprint density at radius 1 is 1.38 bits per heavy atom. The summed E-state index contributed by atoms with van der Waals surface area (Å²) in [5, 5.41) is 7.19. The maximum atomic E-state index is 12.4. The van der Waals surface area contributed by atoms with Crippen molar-refractivity contribution in [3.8, 4) is 0 Å². The van der Waals surface area contributed by atoms with Crippen LogP contribution in [0.5, 0.6) is 0 Å². The smallest absolute Gasteiger partial charge is 0.291 e. The van der Waals surface area contributed by atoms with E-state index in [2.05, 4.69) is 20.4 Å². The lowest BCUT2D eigenvalue weighted by Crippen LogP contribution is -2.46. The molecule has 24 heavy (non-hydrogen) atoms. The Balaban J connectivity index is 0.00000144. The zero-order valence-electron chi connectivity index (χ0n) is 13.6. The first-order chi connectivity index (χ1) is 10.7. The summed E-state index contributed by atoms with van der Waals surface area (Å²) in [7, 11) is 0. The van der Waals surface area contributed by atoms with E-state index < -0.39 is 0 Å². The highest BCUT2D eigenvalue weighted by Gasteiger charge is 2.25. The van der Waals surface area contributed by atoms with Crippen LogP contribution in [-0.4, -0.2) is 38.1 Å². The average molecular weight is 375 g/mol. The topological polar surface area (TPSA) is 98.2 Å². The first-order valence-corrected chi connectivity index (χ1v) is 7.87. The van der Waals surface area contributed by atoms with Crippen molar-refractivity contribution in [1.29, 1.82) is 0 Å². The number of nitrogens with zero attached hydrogens (tertiary/aromatic N) is 4. The fraction of sp³-hybridized carbons (Fsp3) is 0.600. The second-order valence-electron chi connectivity index (χ2n) is 6.03. The van der Waals surface area contributed by atoms with Crippen molar-refractivity contribution in [2.45, 2.75) is 45.1 Å². The zero-order valence-corrected chi connectivity index (χ0v) is 15.3. The largest absolute Gasteiger partial charge is 0.345 e. The molecule has 1 aliphatic rings. The van der Waals surface area contributed by atoms with Gasteiger partial charge in [0.25, 0.3) is 11.7 Å². The summed E-state index contributed by atoms with van der Waals surface area (Å²) in [6.45, 7) is 2.36. The number of hydrogen-bond acceptors (Lipinski definition) is 5. The quantitative estimate of drug-likeness (QED) is 0.851. The summed E-state index contributed by atoms with van der Waals surface area (Å²) in [6.07, 6.45) is 9.47. The second-order valence-corrected chi connectivity index (χ2v) is 6.03. The number of aromatic nitrogens is 4. The van der Waals surface area contributed by atoms with Crippen LogP contribution < -0.4 is 11.1 Å². The Hall–Kier alpha value is -1.44. The Labute approximate surface area is 153 Å². The molecule has 9 heteroatoms. The standard InChI is InChI=1S/C15H22N6O.2ClH/c1-10-8-17-15-19-13(20-21(15)9-10)14(22)18-12(7-16)11-5-3-2-4-6-11;;/h8-9,11-12H,2-7,16H2,1H3,(H,18,22);2*1H/t12-;;/m0../s1. The lowest BCUT2D eigenvalue weighted by atomic mass is 9.84. The maximum absolute atomic E-state index is 12.4. The highest BCUT2D eigenvalue weighted by molar-refractivity contribution is 5.91. The van der Waals surface area contributed by atoms with Gasteiger partial charge in [-0.15, -0.1) is 29.9 Å². The molecular weight excluding hydrogens is 351 g/mol. The van der Waals surface area contributed by atoms with Crippen LogP contribution >= 0.6 is 24.8 Å². The van der Waals surface area contributed by atoms with E-state index in [0.717, 1.165) is 18.4 Å². The molecule has 0 aliphatic heterocycles. The van der Waals surface area contributed by atoms with Gasteiger partial charge >= 0.3 is 0 Å². The van der Waals surface area contributed by atoms with Crippen LogP contribution in [0.4, 0.5) is 0 Å². The fourth-order valence-electron chi connectivity index (χ4n) is 3.11. The van der Waals surface area contributed by atoms with Gasteiger partial charge in [-0.2, -0.15) is 4.98 Å². The molecule has 134 valence electrons. The molecule has 0 radical (unpaired) electrons. The molecule has 1 saturated carbocycles. The van der Waals surface area contributed by atoms with Crippen molar-refractivity contribution < 1.29 is 4.79 Å². The Morgan fingerprint density at radius 3 is 2.75 bits per heavy atom. The summed E-state index contributed by atoms with van der Waals surface area (Å²) in [6, 6.07) is -0.00546. The third-order valence-electron chi connectivity index (χ3n) is 4.32. The Bertz CT molecular complexity index is 671. The molecule has 0 bridgehead atoms. The summed E-state index contributed by atoms with van der Waals surface area (Å²) in [4.78, 5) is 20.7. The monoisotopic (exact) mass is 374 g/mol. The number of carbonyl (C=O) groups is 1. The number of fused-ring (bicyclic) bond motifs is 1. The van der Waals surface area contributed by atoms with Gasteiger partial charge in [-0.25, -0.2) is 9.50 Å². The number of rotatable bonds is 4. The van der Waals surface area contributed by atoms with Crippen LogP contribution in [0.1, 0.15) is 48.3 Å². The van der Waals surface area contributed by atoms with Gasteiger partial charge in [0.1, 0.15) is 0 Å². The SMILES string of the molecule is Cc1cnc2nc(C(=O)N[C@@H](CN)C3CCCCC3)nn2c1.Cl.Cl. The number of halogens is 2. The van der Waals surface area contributed by atoms with E-state index in [4.69, 9.17) is 5.73 Å². The minimum absolute atomic E-state index is 0. The van der Waals surface area contributed by atoms with E-state index in [1.807, 2.05) is 6.92 Å². The van der Waals surface area contributed by atoms with Gasteiger partial charge in [0.15, 0.2) is 0 Å². The van der Waals surface area contributed by atoms with Gasteiger partial charge in [-0.05, 0) is 31.2 Å². The summed E-state index contributed by atoms with van der Waals surface area (Å²) in [5.41, 5.74) is 6.82. The number of nitrogens with one attached hydrogen (secondary N) is 1. The molecular formula is C15H24Cl2N6O. The van der Waals surface area contributed by atoms with E-state index in [-0.39, 0.29) is 42.6 Å². The number of aryl methyl sites for hydroxylation is 1. The van der Waals surface area contributed by atoms with Crippen LogP contribution in [0.2, 0.25) is 0 Å². The number of nitrogens with two attached hydrogens (primary N) is 1. The molecule has 3 N–H and O–H groups in total. The molecule has 2 aromatic rings. The summed E-state index contributed by atoms with van der Waals surface area (Å²) in [5.74, 6) is 0.759. The fourth-order valence-corrected chi connectivity index (χ4v) is 3.11. The van der Waals surface area contributed by atoms with Crippen molar-refractivity contribution in [3.63, 3.8) is 0 Å². The van der Waals surface area contributed by atoms with E-state index in [9.17, 15) is 4.79 Å².